The molecule has 0 saturated heterocycles. The number of aryl methyl sites for hydroxylation is 1. The summed E-state index contributed by atoms with van der Waals surface area (Å²) >= 11 is 0. The number of anilines is 1. The van der Waals surface area contributed by atoms with Gasteiger partial charge in [0.2, 0.25) is 0 Å². The van der Waals surface area contributed by atoms with Gasteiger partial charge in [-0.15, -0.1) is 0 Å². The molecule has 1 aromatic heterocycles. The van der Waals surface area contributed by atoms with Crippen molar-refractivity contribution < 1.29 is 4.74 Å². The molecule has 4 rings (SSSR count). The van der Waals surface area contributed by atoms with E-state index in [2.05, 4.69) is 16.0 Å². The standard InChI is InChI=1S/C24H25N3O2/c1-4-16-11-17-9-10-18(12-20(17)26-23(16)28)24(2,15-25)13-19-14-27(3)21-7-5-6-8-22(21)29-19/h5-12,19H,4,13-14H2,1-3H3,(H,26,28). The molecule has 2 heterocycles. The minimum atomic E-state index is -0.730. The fraction of sp³-hybridized carbons (Fsp3) is 0.333. The van der Waals surface area contributed by atoms with Crippen molar-refractivity contribution in [3.05, 3.63) is 70.0 Å². The number of aromatic nitrogens is 1. The number of nitrogens with one attached hydrogen (secondary N) is 1. The summed E-state index contributed by atoms with van der Waals surface area (Å²) in [5.74, 6) is 0.849. The number of hydrogen-bond donors (Lipinski definition) is 1. The van der Waals surface area contributed by atoms with E-state index in [-0.39, 0.29) is 11.7 Å². The molecule has 0 radical (unpaired) electrons. The first-order valence-electron chi connectivity index (χ1n) is 9.98. The third-order valence-electron chi connectivity index (χ3n) is 5.87. The normalized spacial score (nSPS) is 17.9. The molecular weight excluding hydrogens is 362 g/mol. The van der Waals surface area contributed by atoms with Gasteiger partial charge in [-0.3, -0.25) is 4.79 Å². The molecule has 0 spiro atoms. The zero-order valence-corrected chi connectivity index (χ0v) is 17.0. The highest BCUT2D eigenvalue weighted by atomic mass is 16.5. The van der Waals surface area contributed by atoms with Gasteiger partial charge in [0.1, 0.15) is 11.9 Å². The molecule has 5 heteroatoms. The fourth-order valence-corrected chi connectivity index (χ4v) is 4.13. The average Bonchev–Trinajstić information content (AvgIpc) is 2.72. The van der Waals surface area contributed by atoms with E-state index in [9.17, 15) is 10.1 Å². The Balaban J connectivity index is 1.66. The number of pyridine rings is 1. The molecule has 5 nitrogen and oxygen atoms in total. The smallest absolute Gasteiger partial charge is 0.251 e. The molecule has 29 heavy (non-hydrogen) atoms. The van der Waals surface area contributed by atoms with Gasteiger partial charge in [-0.25, -0.2) is 0 Å². The number of hydrogen-bond acceptors (Lipinski definition) is 4. The van der Waals surface area contributed by atoms with Gasteiger partial charge in [0.05, 0.1) is 23.7 Å². The fourth-order valence-electron chi connectivity index (χ4n) is 4.13. The predicted octanol–water partition coefficient (Wildman–Crippen LogP) is 4.16. The Kier molecular flexibility index (Phi) is 4.79. The zero-order chi connectivity index (χ0) is 20.6. The zero-order valence-electron chi connectivity index (χ0n) is 17.0. The molecule has 0 aliphatic carbocycles. The highest BCUT2D eigenvalue weighted by Gasteiger charge is 2.34. The minimum absolute atomic E-state index is 0.0651. The summed E-state index contributed by atoms with van der Waals surface area (Å²) in [6, 6.07) is 18.3. The van der Waals surface area contributed by atoms with E-state index in [1.54, 1.807) is 0 Å². The first-order chi connectivity index (χ1) is 13.9. The van der Waals surface area contributed by atoms with E-state index >= 15 is 0 Å². The van der Waals surface area contributed by atoms with Crippen molar-refractivity contribution in [3.8, 4) is 11.8 Å². The van der Waals surface area contributed by atoms with Crippen LogP contribution in [-0.2, 0) is 11.8 Å². The van der Waals surface area contributed by atoms with E-state index in [1.807, 2.05) is 69.4 Å². The minimum Gasteiger partial charge on any atom is -0.486 e. The molecule has 148 valence electrons. The Morgan fingerprint density at radius 1 is 1.28 bits per heavy atom. The summed E-state index contributed by atoms with van der Waals surface area (Å²) in [7, 11) is 2.05. The highest BCUT2D eigenvalue weighted by Crippen LogP contribution is 2.37. The van der Waals surface area contributed by atoms with E-state index in [0.29, 0.717) is 12.8 Å². The molecule has 0 saturated carbocycles. The highest BCUT2D eigenvalue weighted by molar-refractivity contribution is 5.80. The SMILES string of the molecule is CCc1cc2ccc(C(C)(C#N)CC3CN(C)c4ccccc4O3)cc2[nH]c1=O. The number of fused-ring (bicyclic) bond motifs is 2. The summed E-state index contributed by atoms with van der Waals surface area (Å²) in [6.07, 6.45) is 1.15. The number of likely N-dealkylation sites (N-methyl/N-ethyl adjacent to an activating group) is 1. The van der Waals surface area contributed by atoms with Crippen LogP contribution in [0.1, 0.15) is 31.4 Å². The second-order valence-electron chi connectivity index (χ2n) is 8.02. The number of rotatable bonds is 4. The van der Waals surface area contributed by atoms with E-state index in [1.165, 1.54) is 0 Å². The number of para-hydroxylation sites is 2. The van der Waals surface area contributed by atoms with Crippen molar-refractivity contribution in [2.24, 2.45) is 0 Å². The number of nitrogens with zero attached hydrogens (tertiary/aromatic N) is 2. The van der Waals surface area contributed by atoms with Gasteiger partial charge >= 0.3 is 0 Å². The topological polar surface area (TPSA) is 69.1 Å². The van der Waals surface area contributed by atoms with Crippen molar-refractivity contribution >= 4 is 16.6 Å². The van der Waals surface area contributed by atoms with Crippen molar-refractivity contribution in [1.29, 1.82) is 5.26 Å². The van der Waals surface area contributed by atoms with Crippen LogP contribution in [0, 0.1) is 11.3 Å². The van der Waals surface area contributed by atoms with Crippen molar-refractivity contribution in [2.75, 3.05) is 18.5 Å². The summed E-state index contributed by atoms with van der Waals surface area (Å²) < 4.78 is 6.21. The van der Waals surface area contributed by atoms with Crippen LogP contribution in [0.2, 0.25) is 0 Å². The maximum atomic E-state index is 12.2. The molecule has 1 aliphatic rings. The molecule has 2 unspecified atom stereocenters. The van der Waals surface area contributed by atoms with E-state index < -0.39 is 5.41 Å². The van der Waals surface area contributed by atoms with E-state index in [4.69, 9.17) is 4.74 Å². The van der Waals surface area contributed by atoms with Gasteiger partial charge in [0.25, 0.3) is 5.56 Å². The van der Waals surface area contributed by atoms with Crippen molar-refractivity contribution in [2.45, 2.75) is 38.2 Å². The Morgan fingerprint density at radius 2 is 2.07 bits per heavy atom. The summed E-state index contributed by atoms with van der Waals surface area (Å²) in [5, 5.41) is 11.0. The third kappa shape index (κ3) is 3.47. The second-order valence-corrected chi connectivity index (χ2v) is 8.02. The Morgan fingerprint density at radius 3 is 2.83 bits per heavy atom. The molecule has 1 aliphatic heterocycles. The largest absolute Gasteiger partial charge is 0.486 e. The summed E-state index contributed by atoms with van der Waals surface area (Å²) in [6.45, 7) is 4.63. The maximum absolute atomic E-state index is 12.2. The summed E-state index contributed by atoms with van der Waals surface area (Å²) in [4.78, 5) is 17.4. The lowest BCUT2D eigenvalue weighted by atomic mass is 9.78. The van der Waals surface area contributed by atoms with Gasteiger partial charge in [0.15, 0.2) is 0 Å². The number of ether oxygens (including phenoxy) is 1. The van der Waals surface area contributed by atoms with Crippen LogP contribution in [0.4, 0.5) is 5.69 Å². The molecular formula is C24H25N3O2. The van der Waals surface area contributed by atoms with Crippen LogP contribution < -0.4 is 15.2 Å². The number of benzene rings is 2. The van der Waals surface area contributed by atoms with Gasteiger partial charge in [-0.1, -0.05) is 31.2 Å². The number of aromatic amines is 1. The lowest BCUT2D eigenvalue weighted by Gasteiger charge is -2.36. The predicted molar refractivity (Wildman–Crippen MR) is 116 cm³/mol. The molecule has 0 bridgehead atoms. The molecule has 3 aromatic rings. The Hall–Kier alpha value is -3.26. The van der Waals surface area contributed by atoms with Gasteiger partial charge in [-0.2, -0.15) is 5.26 Å². The number of H-pyrrole nitrogens is 1. The van der Waals surface area contributed by atoms with Crippen LogP contribution in [0.15, 0.2) is 53.3 Å². The van der Waals surface area contributed by atoms with Gasteiger partial charge in [-0.05, 0) is 48.6 Å². The third-order valence-corrected chi connectivity index (χ3v) is 5.87. The maximum Gasteiger partial charge on any atom is 0.251 e. The van der Waals surface area contributed by atoms with Crippen LogP contribution in [0.3, 0.4) is 0 Å². The van der Waals surface area contributed by atoms with Gasteiger partial charge < -0.3 is 14.6 Å². The van der Waals surface area contributed by atoms with Gasteiger partial charge in [0, 0.05) is 24.5 Å². The molecule has 0 amide bonds. The Bertz CT molecular complexity index is 1160. The van der Waals surface area contributed by atoms with Crippen molar-refractivity contribution in [3.63, 3.8) is 0 Å². The second kappa shape index (κ2) is 7.29. The number of nitriles is 1. The average molecular weight is 387 g/mol. The lowest BCUT2D eigenvalue weighted by molar-refractivity contribution is 0.167. The monoisotopic (exact) mass is 387 g/mol. The Labute approximate surface area is 170 Å². The first-order valence-corrected chi connectivity index (χ1v) is 9.98. The lowest BCUT2D eigenvalue weighted by Crippen LogP contribution is -2.41. The molecule has 2 aromatic carbocycles. The van der Waals surface area contributed by atoms with Crippen molar-refractivity contribution in [1.82, 2.24) is 4.98 Å². The summed E-state index contributed by atoms with van der Waals surface area (Å²) in [5.41, 5.74) is 2.69. The van der Waals surface area contributed by atoms with Crippen LogP contribution in [0.5, 0.6) is 5.75 Å². The van der Waals surface area contributed by atoms with E-state index in [0.717, 1.165) is 40.0 Å². The first kappa shape index (κ1) is 19.1. The molecule has 0 fully saturated rings. The van der Waals surface area contributed by atoms with Crippen LogP contribution in [0.25, 0.3) is 10.9 Å². The quantitative estimate of drug-likeness (QED) is 0.730. The van der Waals surface area contributed by atoms with Crippen LogP contribution >= 0.6 is 0 Å². The molecule has 1 N–H and O–H groups in total. The van der Waals surface area contributed by atoms with Crippen LogP contribution in [-0.4, -0.2) is 24.7 Å². The molecule has 2 atom stereocenters.